The highest BCUT2D eigenvalue weighted by Crippen LogP contribution is 2.32. The molecule has 2 aromatic rings. The predicted molar refractivity (Wildman–Crippen MR) is 110 cm³/mol. The van der Waals surface area contributed by atoms with Gasteiger partial charge in [-0.25, -0.2) is 0 Å². The lowest BCUT2D eigenvalue weighted by Crippen LogP contribution is -2.59. The molecule has 1 spiro atoms. The first-order valence-electron chi connectivity index (χ1n) is 10.0. The molecule has 148 valence electrons. The molecule has 5 heteroatoms. The number of likely N-dealkylation sites (tertiary alicyclic amines) is 1. The molecule has 4 rings (SSSR count). The number of carbonyl (C=O) groups is 1. The van der Waals surface area contributed by atoms with Gasteiger partial charge >= 0.3 is 0 Å². The highest BCUT2D eigenvalue weighted by molar-refractivity contribution is 5.95. The van der Waals surface area contributed by atoms with Gasteiger partial charge in [-0.15, -0.1) is 0 Å². The van der Waals surface area contributed by atoms with E-state index in [1.165, 1.54) is 5.56 Å². The summed E-state index contributed by atoms with van der Waals surface area (Å²) in [6.07, 6.45) is 2.93. The first-order chi connectivity index (χ1) is 13.7. The number of anilines is 1. The second kappa shape index (κ2) is 8.33. The van der Waals surface area contributed by atoms with Gasteiger partial charge in [-0.2, -0.15) is 0 Å². The Hall–Kier alpha value is -2.37. The Morgan fingerprint density at radius 2 is 1.86 bits per heavy atom. The van der Waals surface area contributed by atoms with Gasteiger partial charge in [0.1, 0.15) is 12.4 Å². The summed E-state index contributed by atoms with van der Waals surface area (Å²) >= 11 is 0. The van der Waals surface area contributed by atoms with Crippen molar-refractivity contribution in [1.29, 1.82) is 0 Å². The quantitative estimate of drug-likeness (QED) is 0.799. The highest BCUT2D eigenvalue weighted by Gasteiger charge is 2.42. The number of methoxy groups -OCH3 is 1. The molecule has 28 heavy (non-hydrogen) atoms. The second-order valence-electron chi connectivity index (χ2n) is 7.73. The van der Waals surface area contributed by atoms with Crippen molar-refractivity contribution in [1.82, 2.24) is 4.90 Å². The zero-order valence-electron chi connectivity index (χ0n) is 16.5. The Morgan fingerprint density at radius 1 is 1.07 bits per heavy atom. The fourth-order valence-corrected chi connectivity index (χ4v) is 4.16. The number of hydrogen-bond donors (Lipinski definition) is 0. The first kappa shape index (κ1) is 19.0. The molecular weight excluding hydrogens is 352 g/mol. The average Bonchev–Trinajstić information content (AvgIpc) is 2.76. The van der Waals surface area contributed by atoms with E-state index in [0.29, 0.717) is 6.54 Å². The number of nitrogens with zero attached hydrogens (tertiary/aromatic N) is 2. The van der Waals surface area contributed by atoms with Gasteiger partial charge < -0.3 is 19.3 Å². The van der Waals surface area contributed by atoms with Gasteiger partial charge in [0.15, 0.2) is 0 Å². The van der Waals surface area contributed by atoms with E-state index in [4.69, 9.17) is 9.47 Å². The van der Waals surface area contributed by atoms with Crippen LogP contribution < -0.4 is 9.64 Å². The van der Waals surface area contributed by atoms with E-state index in [9.17, 15) is 4.79 Å². The Morgan fingerprint density at radius 3 is 2.61 bits per heavy atom. The minimum Gasteiger partial charge on any atom is -0.497 e. The predicted octanol–water partition coefficient (Wildman–Crippen LogP) is 3.14. The fraction of sp³-hybridized carbons (Fsp3) is 0.435. The summed E-state index contributed by atoms with van der Waals surface area (Å²) in [4.78, 5) is 16.8. The monoisotopic (exact) mass is 380 g/mol. The van der Waals surface area contributed by atoms with Gasteiger partial charge in [-0.05, 0) is 49.1 Å². The molecule has 0 aliphatic carbocycles. The first-order valence-corrected chi connectivity index (χ1v) is 10.0. The van der Waals surface area contributed by atoms with Crippen molar-refractivity contribution in [3.05, 3.63) is 60.2 Å². The molecule has 2 aliphatic heterocycles. The molecule has 2 aliphatic rings. The van der Waals surface area contributed by atoms with Crippen LogP contribution in [-0.4, -0.2) is 56.3 Å². The van der Waals surface area contributed by atoms with Crippen LogP contribution in [0.1, 0.15) is 18.4 Å². The summed E-state index contributed by atoms with van der Waals surface area (Å²) in [5.41, 5.74) is 2.06. The van der Waals surface area contributed by atoms with Crippen LogP contribution in [0.25, 0.3) is 0 Å². The van der Waals surface area contributed by atoms with E-state index in [2.05, 4.69) is 17.0 Å². The average molecular weight is 380 g/mol. The zero-order valence-corrected chi connectivity index (χ0v) is 16.5. The number of amides is 1. The number of piperidine rings is 1. The highest BCUT2D eigenvalue weighted by atomic mass is 16.5. The van der Waals surface area contributed by atoms with E-state index in [0.717, 1.165) is 50.3 Å². The van der Waals surface area contributed by atoms with E-state index >= 15 is 0 Å². The summed E-state index contributed by atoms with van der Waals surface area (Å²) in [7, 11) is 1.71. The summed E-state index contributed by atoms with van der Waals surface area (Å²) in [6, 6.07) is 18.2. The number of ether oxygens (including phenoxy) is 2. The molecule has 0 N–H and O–H groups in total. The number of carbonyl (C=O) groups excluding carboxylic acids is 1. The molecule has 0 radical (unpaired) electrons. The lowest BCUT2D eigenvalue weighted by molar-refractivity contribution is -0.144. The molecule has 0 saturated carbocycles. The lowest BCUT2D eigenvalue weighted by Gasteiger charge is -2.47. The van der Waals surface area contributed by atoms with Crippen LogP contribution in [0.4, 0.5) is 5.69 Å². The van der Waals surface area contributed by atoms with Crippen LogP contribution in [0.15, 0.2) is 54.6 Å². The van der Waals surface area contributed by atoms with Crippen LogP contribution in [-0.2, 0) is 16.0 Å². The van der Waals surface area contributed by atoms with E-state index in [-0.39, 0.29) is 18.1 Å². The van der Waals surface area contributed by atoms with Crippen LogP contribution >= 0.6 is 0 Å². The summed E-state index contributed by atoms with van der Waals surface area (Å²) in [5, 5.41) is 0. The molecule has 0 aromatic heterocycles. The largest absolute Gasteiger partial charge is 0.497 e. The number of morpholine rings is 1. The maximum Gasteiger partial charge on any atom is 0.253 e. The number of para-hydroxylation sites is 1. The molecule has 0 atom stereocenters. The van der Waals surface area contributed by atoms with Crippen molar-refractivity contribution < 1.29 is 14.3 Å². The van der Waals surface area contributed by atoms with Crippen LogP contribution in [0.5, 0.6) is 5.75 Å². The fourth-order valence-electron chi connectivity index (χ4n) is 4.16. The van der Waals surface area contributed by atoms with E-state index < -0.39 is 0 Å². The van der Waals surface area contributed by atoms with Crippen molar-refractivity contribution in [3.63, 3.8) is 0 Å². The van der Waals surface area contributed by atoms with Gasteiger partial charge in [-0.3, -0.25) is 4.79 Å². The van der Waals surface area contributed by atoms with Crippen molar-refractivity contribution in [2.24, 2.45) is 0 Å². The van der Waals surface area contributed by atoms with Crippen LogP contribution in [0.3, 0.4) is 0 Å². The van der Waals surface area contributed by atoms with Crippen molar-refractivity contribution in [2.45, 2.75) is 24.9 Å². The SMILES string of the molecule is COc1cccc(CCN2CCC3(CC2)CN(c2ccccc2)C(=O)CO3)c1. The van der Waals surface area contributed by atoms with Gasteiger partial charge in [0, 0.05) is 25.3 Å². The summed E-state index contributed by atoms with van der Waals surface area (Å²) in [6.45, 7) is 3.87. The third-order valence-corrected chi connectivity index (χ3v) is 5.94. The second-order valence-corrected chi connectivity index (χ2v) is 7.73. The standard InChI is InChI=1S/C23H28N2O3/c1-27-21-9-5-6-19(16-21)10-13-24-14-11-23(12-15-24)18-25(22(26)17-28-23)20-7-3-2-4-8-20/h2-9,16H,10-15,17-18H2,1H3. The maximum absolute atomic E-state index is 12.4. The van der Waals surface area contributed by atoms with Crippen molar-refractivity contribution >= 4 is 11.6 Å². The molecule has 2 aromatic carbocycles. The molecular formula is C23H28N2O3. The van der Waals surface area contributed by atoms with Crippen molar-refractivity contribution in [2.75, 3.05) is 44.8 Å². The van der Waals surface area contributed by atoms with Gasteiger partial charge in [-0.1, -0.05) is 30.3 Å². The number of rotatable bonds is 5. The normalized spacial score (nSPS) is 19.8. The Bertz CT molecular complexity index is 801. The lowest BCUT2D eigenvalue weighted by atomic mass is 9.89. The maximum atomic E-state index is 12.4. The van der Waals surface area contributed by atoms with Crippen LogP contribution in [0, 0.1) is 0 Å². The molecule has 2 fully saturated rings. The summed E-state index contributed by atoms with van der Waals surface area (Å²) in [5.74, 6) is 0.966. The molecule has 0 unspecified atom stereocenters. The topological polar surface area (TPSA) is 42.0 Å². The smallest absolute Gasteiger partial charge is 0.253 e. The number of benzene rings is 2. The van der Waals surface area contributed by atoms with Crippen molar-refractivity contribution in [3.8, 4) is 5.75 Å². The molecule has 2 saturated heterocycles. The Kier molecular flexibility index (Phi) is 5.64. The molecule has 5 nitrogen and oxygen atoms in total. The minimum absolute atomic E-state index is 0.0530. The molecule has 2 heterocycles. The van der Waals surface area contributed by atoms with Crippen LogP contribution in [0.2, 0.25) is 0 Å². The van der Waals surface area contributed by atoms with Gasteiger partial charge in [0.05, 0.1) is 19.3 Å². The minimum atomic E-state index is -0.212. The zero-order chi connectivity index (χ0) is 19.4. The molecule has 0 bridgehead atoms. The third kappa shape index (κ3) is 4.21. The third-order valence-electron chi connectivity index (χ3n) is 5.94. The summed E-state index contributed by atoms with van der Waals surface area (Å²) < 4.78 is 11.4. The number of hydrogen-bond acceptors (Lipinski definition) is 4. The Labute approximate surface area is 166 Å². The molecule has 1 amide bonds. The van der Waals surface area contributed by atoms with E-state index in [1.54, 1.807) is 7.11 Å². The Balaban J connectivity index is 1.33. The van der Waals surface area contributed by atoms with Gasteiger partial charge in [0.2, 0.25) is 0 Å². The van der Waals surface area contributed by atoms with E-state index in [1.807, 2.05) is 47.4 Å². The van der Waals surface area contributed by atoms with Gasteiger partial charge in [0.25, 0.3) is 5.91 Å².